The zero-order valence-electron chi connectivity index (χ0n) is 25.2. The first-order valence-corrected chi connectivity index (χ1v) is 15.5. The van der Waals surface area contributed by atoms with Gasteiger partial charge in [0.1, 0.15) is 6.61 Å². The van der Waals surface area contributed by atoms with Crippen LogP contribution in [0.25, 0.3) is 0 Å². The Morgan fingerprint density at radius 2 is 1.88 bits per heavy atom. The van der Waals surface area contributed by atoms with Gasteiger partial charge in [-0.05, 0) is 90.2 Å². The molecule has 1 unspecified atom stereocenters. The molecule has 1 heterocycles. The highest BCUT2D eigenvalue weighted by atomic mass is 19.4. The summed E-state index contributed by atoms with van der Waals surface area (Å²) in [6.07, 6.45) is 0.537. The van der Waals surface area contributed by atoms with Gasteiger partial charge in [-0.3, -0.25) is 9.59 Å². The zero-order chi connectivity index (χ0) is 30.6. The van der Waals surface area contributed by atoms with Crippen molar-refractivity contribution in [2.75, 3.05) is 44.9 Å². The molecule has 4 aliphatic carbocycles. The zero-order valence-corrected chi connectivity index (χ0v) is 25.2. The van der Waals surface area contributed by atoms with Crippen molar-refractivity contribution >= 4 is 17.3 Å². The Morgan fingerprint density at radius 1 is 1.16 bits per heavy atom. The summed E-state index contributed by atoms with van der Waals surface area (Å²) < 4.78 is 51.5. The fourth-order valence-electron chi connectivity index (χ4n) is 9.18. The van der Waals surface area contributed by atoms with Crippen LogP contribution in [0, 0.1) is 40.4 Å². The number of methoxy groups -OCH3 is 1. The lowest BCUT2D eigenvalue weighted by Gasteiger charge is -2.55. The normalized spacial score (nSPS) is 34.0. The van der Waals surface area contributed by atoms with E-state index in [0.717, 1.165) is 36.3 Å². The van der Waals surface area contributed by atoms with Crippen molar-refractivity contribution in [3.05, 3.63) is 52.6 Å². The van der Waals surface area contributed by atoms with E-state index in [9.17, 15) is 22.8 Å². The molecule has 6 atom stereocenters. The summed E-state index contributed by atoms with van der Waals surface area (Å²) in [5, 5.41) is 0. The SMILES string of the molecule is COCC(=O)[C@@]1(C#CC(F)(F)F)CC[C@H]2[C@@H]3CC(C)C4=CC(=O)CCC4=C3[C@@H](c3ccc(N4CCOCC4)cc3)C[C@@]21C. The number of carbonyl (C=O) groups excluding carboxylic acids is 2. The van der Waals surface area contributed by atoms with Crippen LogP contribution in [0.4, 0.5) is 18.9 Å². The first-order valence-electron chi connectivity index (χ1n) is 15.5. The van der Waals surface area contributed by atoms with Crippen LogP contribution in [0.2, 0.25) is 0 Å². The Labute approximate surface area is 251 Å². The van der Waals surface area contributed by atoms with Crippen LogP contribution in [0.15, 0.2) is 47.1 Å². The van der Waals surface area contributed by atoms with Gasteiger partial charge >= 0.3 is 6.18 Å². The Morgan fingerprint density at radius 3 is 2.56 bits per heavy atom. The van der Waals surface area contributed by atoms with E-state index >= 15 is 0 Å². The molecule has 0 spiro atoms. The molecule has 2 saturated carbocycles. The Kier molecular flexibility index (Phi) is 7.88. The second-order valence-electron chi connectivity index (χ2n) is 13.3. The minimum atomic E-state index is -4.70. The number of morpholine rings is 1. The topological polar surface area (TPSA) is 55.8 Å². The number of ether oxygens (including phenoxy) is 2. The molecule has 1 aliphatic heterocycles. The molecular weight excluding hydrogens is 555 g/mol. The predicted octanol–water partition coefficient (Wildman–Crippen LogP) is 6.44. The molecular formula is C35H40F3NO4. The van der Waals surface area contributed by atoms with Crippen LogP contribution in [-0.2, 0) is 19.1 Å². The quantitative estimate of drug-likeness (QED) is 0.367. The number of carbonyl (C=O) groups is 2. The molecule has 1 aromatic carbocycles. The van der Waals surface area contributed by atoms with E-state index in [1.165, 1.54) is 24.2 Å². The number of benzene rings is 1. The highest BCUT2D eigenvalue weighted by Gasteiger charge is 2.66. The van der Waals surface area contributed by atoms with Gasteiger partial charge in [0, 0.05) is 44.1 Å². The molecule has 5 nitrogen and oxygen atoms in total. The average molecular weight is 596 g/mol. The standard InChI is InChI=1S/C35H40F3NO4/c1-22-18-28-30-10-11-34(31(41)21-42-3,12-13-35(36,37)38)33(30,2)20-29(32(28)26-9-8-25(40)19-27(22)26)23-4-6-24(7-5-23)39-14-16-43-17-15-39/h4-7,19,22,28-30H,8-11,14-18,20-21H2,1-3H3/t22?,28-,29+,30-,33-,34-/m0/s1. The summed E-state index contributed by atoms with van der Waals surface area (Å²) in [5.41, 5.74) is 3.69. The Balaban J connectivity index is 1.50. The second kappa shape index (κ2) is 11.2. The maximum absolute atomic E-state index is 13.8. The van der Waals surface area contributed by atoms with Crippen LogP contribution in [0.3, 0.4) is 0 Å². The minimum absolute atomic E-state index is 0.00356. The number of ketones is 2. The van der Waals surface area contributed by atoms with Crippen molar-refractivity contribution in [2.45, 2.75) is 64.5 Å². The summed E-state index contributed by atoms with van der Waals surface area (Å²) in [4.78, 5) is 28.6. The lowest BCUT2D eigenvalue weighted by Crippen LogP contribution is -2.52. The largest absolute Gasteiger partial charge is 0.457 e. The first kappa shape index (κ1) is 30.1. The van der Waals surface area contributed by atoms with Gasteiger partial charge in [0.2, 0.25) is 0 Å². The van der Waals surface area contributed by atoms with Crippen molar-refractivity contribution in [3.8, 4) is 11.8 Å². The fourth-order valence-corrected chi connectivity index (χ4v) is 9.18. The molecule has 6 rings (SSSR count). The molecule has 0 N–H and O–H groups in total. The Bertz CT molecular complexity index is 1410. The highest BCUT2D eigenvalue weighted by molar-refractivity contribution is 5.93. The molecule has 43 heavy (non-hydrogen) atoms. The molecule has 0 bridgehead atoms. The number of anilines is 1. The monoisotopic (exact) mass is 595 g/mol. The number of allylic oxidation sites excluding steroid dienone is 4. The summed E-state index contributed by atoms with van der Waals surface area (Å²) in [5.74, 6) is 4.05. The average Bonchev–Trinajstić information content (AvgIpc) is 3.29. The van der Waals surface area contributed by atoms with Gasteiger partial charge in [0.15, 0.2) is 11.6 Å². The van der Waals surface area contributed by atoms with Gasteiger partial charge in [0.05, 0.1) is 18.6 Å². The van der Waals surface area contributed by atoms with Gasteiger partial charge in [-0.25, -0.2) is 0 Å². The molecule has 5 aliphatic rings. The molecule has 1 aromatic rings. The van der Waals surface area contributed by atoms with Gasteiger partial charge in [0.25, 0.3) is 0 Å². The van der Waals surface area contributed by atoms with E-state index in [2.05, 4.69) is 42.0 Å². The lowest BCUT2D eigenvalue weighted by atomic mass is 9.47. The van der Waals surface area contributed by atoms with Gasteiger partial charge in [-0.1, -0.05) is 37.5 Å². The van der Waals surface area contributed by atoms with Gasteiger partial charge < -0.3 is 14.4 Å². The van der Waals surface area contributed by atoms with E-state index in [1.807, 2.05) is 13.0 Å². The van der Waals surface area contributed by atoms with Crippen LogP contribution < -0.4 is 4.90 Å². The second-order valence-corrected chi connectivity index (χ2v) is 13.3. The van der Waals surface area contributed by atoms with Crippen LogP contribution in [0.1, 0.15) is 63.9 Å². The number of nitrogens with zero attached hydrogens (tertiary/aromatic N) is 1. The molecule has 230 valence electrons. The van der Waals surface area contributed by atoms with Crippen molar-refractivity contribution in [3.63, 3.8) is 0 Å². The minimum Gasteiger partial charge on any atom is -0.378 e. The molecule has 3 fully saturated rings. The molecule has 0 radical (unpaired) electrons. The highest BCUT2D eigenvalue weighted by Crippen LogP contribution is 2.70. The fraction of sp³-hybridized carbons (Fsp3) is 0.600. The van der Waals surface area contributed by atoms with E-state index in [1.54, 1.807) is 0 Å². The molecule has 0 amide bonds. The van der Waals surface area contributed by atoms with Crippen LogP contribution in [-0.4, -0.2) is 57.8 Å². The summed E-state index contributed by atoms with van der Waals surface area (Å²) in [6.45, 7) is 6.91. The number of fused-ring (bicyclic) bond motifs is 4. The maximum Gasteiger partial charge on any atom is 0.457 e. The van der Waals surface area contributed by atoms with Crippen molar-refractivity contribution < 1.29 is 32.2 Å². The summed E-state index contributed by atoms with van der Waals surface area (Å²) in [6, 6.07) is 8.55. The third-order valence-corrected chi connectivity index (χ3v) is 11.1. The van der Waals surface area contributed by atoms with Crippen molar-refractivity contribution in [1.82, 2.24) is 0 Å². The Hall–Kier alpha value is -2.89. The van der Waals surface area contributed by atoms with Crippen molar-refractivity contribution in [2.24, 2.45) is 28.6 Å². The maximum atomic E-state index is 13.8. The van der Waals surface area contributed by atoms with E-state index in [-0.39, 0.29) is 48.3 Å². The van der Waals surface area contributed by atoms with E-state index < -0.39 is 17.0 Å². The third kappa shape index (κ3) is 5.17. The third-order valence-electron chi connectivity index (χ3n) is 11.1. The number of alkyl halides is 3. The summed E-state index contributed by atoms with van der Waals surface area (Å²) in [7, 11) is 1.40. The summed E-state index contributed by atoms with van der Waals surface area (Å²) >= 11 is 0. The number of hydrogen-bond donors (Lipinski definition) is 0. The van der Waals surface area contributed by atoms with Gasteiger partial charge in [-0.2, -0.15) is 13.2 Å². The number of rotatable bonds is 5. The van der Waals surface area contributed by atoms with E-state index in [0.29, 0.717) is 38.9 Å². The van der Waals surface area contributed by atoms with Crippen LogP contribution in [0.5, 0.6) is 0 Å². The number of halogens is 3. The smallest absolute Gasteiger partial charge is 0.378 e. The molecule has 0 aromatic heterocycles. The number of hydrogen-bond acceptors (Lipinski definition) is 5. The van der Waals surface area contributed by atoms with Gasteiger partial charge in [-0.15, -0.1) is 0 Å². The van der Waals surface area contributed by atoms with Crippen LogP contribution >= 0.6 is 0 Å². The van der Waals surface area contributed by atoms with E-state index in [4.69, 9.17) is 9.47 Å². The lowest BCUT2D eigenvalue weighted by molar-refractivity contribution is -0.137. The molecule has 8 heteroatoms. The first-order chi connectivity index (χ1) is 20.5. The molecule has 1 saturated heterocycles. The van der Waals surface area contributed by atoms with Crippen molar-refractivity contribution in [1.29, 1.82) is 0 Å². The predicted molar refractivity (Wildman–Crippen MR) is 157 cm³/mol. The number of Topliss-reactive ketones (excluding diaryl/α,β-unsaturated/α-hetero) is 1.